The third-order valence-electron chi connectivity index (χ3n) is 7.28. The topological polar surface area (TPSA) is 102 Å². The van der Waals surface area contributed by atoms with Gasteiger partial charge in [0.1, 0.15) is 11.9 Å². The number of rotatable bonds is 7. The summed E-state index contributed by atoms with van der Waals surface area (Å²) in [6, 6.07) is 19.0. The SMILES string of the molecule is N#Cc1ccc([C@H](c2ccc(OC3CCCC3)nc2)N2CCC(NC(=O)c3ccc(C#N)cc3F)C2)cc1. The van der Waals surface area contributed by atoms with Gasteiger partial charge >= 0.3 is 0 Å². The summed E-state index contributed by atoms with van der Waals surface area (Å²) in [5, 5.41) is 21.1. The molecule has 7 nitrogen and oxygen atoms in total. The van der Waals surface area contributed by atoms with Crippen LogP contribution in [0.3, 0.4) is 0 Å². The third-order valence-corrected chi connectivity index (χ3v) is 7.28. The van der Waals surface area contributed by atoms with Gasteiger partial charge in [0.2, 0.25) is 5.88 Å². The van der Waals surface area contributed by atoms with Gasteiger partial charge in [-0.3, -0.25) is 9.69 Å². The number of pyridine rings is 1. The standard InChI is InChI=1S/C30H28FN5O2/c31-27-15-21(17-33)7-11-26(27)30(37)35-24-13-14-36(19-24)29(22-8-5-20(16-32)6-9-22)23-10-12-28(34-18-23)38-25-3-1-2-4-25/h5-12,15,18,24-25,29H,1-4,13-14,19H2,(H,35,37)/t24?,29-/m1/s1. The van der Waals surface area contributed by atoms with Crippen LogP contribution in [0.1, 0.15) is 70.8 Å². The van der Waals surface area contributed by atoms with Gasteiger partial charge in [0, 0.05) is 31.4 Å². The van der Waals surface area contributed by atoms with Crippen LogP contribution in [0.5, 0.6) is 5.88 Å². The summed E-state index contributed by atoms with van der Waals surface area (Å²) in [5.74, 6) is -0.586. The Kier molecular flexibility index (Phi) is 7.62. The van der Waals surface area contributed by atoms with Crippen molar-refractivity contribution in [3.8, 4) is 18.0 Å². The van der Waals surface area contributed by atoms with Gasteiger partial charge in [-0.15, -0.1) is 0 Å². The molecule has 1 N–H and O–H groups in total. The van der Waals surface area contributed by atoms with Gasteiger partial charge in [0.25, 0.3) is 5.91 Å². The molecule has 2 atom stereocenters. The second kappa shape index (κ2) is 11.4. The van der Waals surface area contributed by atoms with Crippen LogP contribution in [0.25, 0.3) is 0 Å². The molecule has 2 aromatic carbocycles. The summed E-state index contributed by atoms with van der Waals surface area (Å²) in [5.41, 5.74) is 2.68. The smallest absolute Gasteiger partial charge is 0.254 e. The molecule has 2 heterocycles. The minimum absolute atomic E-state index is 0.0758. The minimum Gasteiger partial charge on any atom is -0.474 e. The van der Waals surface area contributed by atoms with E-state index in [1.165, 1.54) is 25.0 Å². The second-order valence-corrected chi connectivity index (χ2v) is 9.85. The number of nitriles is 2. The molecule has 1 unspecified atom stereocenters. The molecule has 1 amide bonds. The van der Waals surface area contributed by atoms with E-state index in [-0.39, 0.29) is 29.3 Å². The van der Waals surface area contributed by atoms with Gasteiger partial charge in [0.15, 0.2) is 0 Å². The van der Waals surface area contributed by atoms with E-state index < -0.39 is 11.7 Å². The highest BCUT2D eigenvalue weighted by molar-refractivity contribution is 5.94. The van der Waals surface area contributed by atoms with Crippen molar-refractivity contribution >= 4 is 5.91 Å². The Bertz CT molecular complexity index is 1370. The van der Waals surface area contributed by atoms with Crippen molar-refractivity contribution in [1.29, 1.82) is 10.5 Å². The Morgan fingerprint density at radius 3 is 2.37 bits per heavy atom. The average Bonchev–Trinajstić information content (AvgIpc) is 3.62. The number of halogens is 1. The molecule has 2 fully saturated rings. The summed E-state index contributed by atoms with van der Waals surface area (Å²) in [7, 11) is 0. The minimum atomic E-state index is -0.710. The lowest BCUT2D eigenvalue weighted by Crippen LogP contribution is -2.38. The van der Waals surface area contributed by atoms with Gasteiger partial charge in [-0.1, -0.05) is 18.2 Å². The number of hydrogen-bond acceptors (Lipinski definition) is 6. The summed E-state index contributed by atoms with van der Waals surface area (Å²) in [4.78, 5) is 19.6. The number of hydrogen-bond donors (Lipinski definition) is 1. The number of carbonyl (C=O) groups excluding carboxylic acids is 1. The summed E-state index contributed by atoms with van der Waals surface area (Å²) in [6.07, 6.45) is 7.27. The molecule has 8 heteroatoms. The predicted octanol–water partition coefficient (Wildman–Crippen LogP) is 4.88. The molecule has 5 rings (SSSR count). The van der Waals surface area contributed by atoms with Gasteiger partial charge < -0.3 is 10.1 Å². The van der Waals surface area contributed by atoms with E-state index in [2.05, 4.69) is 21.3 Å². The average molecular weight is 510 g/mol. The lowest BCUT2D eigenvalue weighted by Gasteiger charge is -2.29. The van der Waals surface area contributed by atoms with E-state index >= 15 is 0 Å². The van der Waals surface area contributed by atoms with Crippen LogP contribution in [-0.2, 0) is 0 Å². The number of aromatic nitrogens is 1. The van der Waals surface area contributed by atoms with Crippen LogP contribution < -0.4 is 10.1 Å². The normalized spacial score (nSPS) is 18.4. The van der Waals surface area contributed by atoms with E-state index in [1.54, 1.807) is 12.1 Å². The molecule has 1 aliphatic heterocycles. The maximum absolute atomic E-state index is 14.4. The molecule has 1 aromatic heterocycles. The van der Waals surface area contributed by atoms with Crippen LogP contribution in [-0.4, -0.2) is 41.0 Å². The fraction of sp³-hybridized carbons (Fsp3) is 0.333. The van der Waals surface area contributed by atoms with Gasteiger partial charge in [-0.05, 0) is 73.6 Å². The maximum Gasteiger partial charge on any atom is 0.254 e. The Hall–Kier alpha value is -4.27. The number of nitrogens with one attached hydrogen (secondary N) is 1. The molecule has 38 heavy (non-hydrogen) atoms. The van der Waals surface area contributed by atoms with Crippen molar-refractivity contribution in [2.24, 2.45) is 0 Å². The highest BCUT2D eigenvalue weighted by Gasteiger charge is 2.32. The van der Waals surface area contributed by atoms with Crippen LogP contribution in [0, 0.1) is 28.5 Å². The molecule has 1 aliphatic carbocycles. The summed E-state index contributed by atoms with van der Waals surface area (Å²) < 4.78 is 20.4. The van der Waals surface area contributed by atoms with Crippen molar-refractivity contribution in [3.05, 3.63) is 94.4 Å². The van der Waals surface area contributed by atoms with Crippen molar-refractivity contribution in [3.63, 3.8) is 0 Å². The van der Waals surface area contributed by atoms with Crippen molar-refractivity contribution in [1.82, 2.24) is 15.2 Å². The molecule has 192 valence electrons. The largest absolute Gasteiger partial charge is 0.474 e. The summed E-state index contributed by atoms with van der Waals surface area (Å²) in [6.45, 7) is 1.28. The van der Waals surface area contributed by atoms with Gasteiger partial charge in [0.05, 0.1) is 34.9 Å². The highest BCUT2D eigenvalue weighted by atomic mass is 19.1. The number of carbonyl (C=O) groups is 1. The van der Waals surface area contributed by atoms with Gasteiger partial charge in [-0.25, -0.2) is 9.37 Å². The molecule has 3 aromatic rings. The Morgan fingerprint density at radius 2 is 1.71 bits per heavy atom. The van der Waals surface area contributed by atoms with Crippen molar-refractivity contribution in [2.45, 2.75) is 50.3 Å². The molecule has 2 aliphatic rings. The zero-order valence-electron chi connectivity index (χ0n) is 20.9. The molecule has 1 saturated heterocycles. The van der Waals surface area contributed by atoms with Crippen LogP contribution in [0.15, 0.2) is 60.8 Å². The second-order valence-electron chi connectivity index (χ2n) is 9.85. The third kappa shape index (κ3) is 5.66. The molecule has 0 bridgehead atoms. The van der Waals surface area contributed by atoms with Crippen LogP contribution in [0.4, 0.5) is 4.39 Å². The quantitative estimate of drug-likeness (QED) is 0.487. The zero-order valence-corrected chi connectivity index (χ0v) is 20.9. The highest BCUT2D eigenvalue weighted by Crippen LogP contribution is 2.33. The number of ether oxygens (including phenoxy) is 1. The zero-order chi connectivity index (χ0) is 26.5. The fourth-order valence-electron chi connectivity index (χ4n) is 5.33. The predicted molar refractivity (Wildman–Crippen MR) is 139 cm³/mol. The van der Waals surface area contributed by atoms with Crippen LogP contribution in [0.2, 0.25) is 0 Å². The van der Waals surface area contributed by atoms with E-state index in [9.17, 15) is 14.4 Å². The first-order valence-corrected chi connectivity index (χ1v) is 12.9. The Morgan fingerprint density at radius 1 is 1.00 bits per heavy atom. The lowest BCUT2D eigenvalue weighted by molar-refractivity contribution is 0.0932. The van der Waals surface area contributed by atoms with E-state index in [0.29, 0.717) is 31.0 Å². The monoisotopic (exact) mass is 509 g/mol. The number of nitrogens with zero attached hydrogens (tertiary/aromatic N) is 4. The first-order chi connectivity index (χ1) is 18.5. The maximum atomic E-state index is 14.4. The number of amides is 1. The number of likely N-dealkylation sites (tertiary alicyclic amines) is 1. The molecule has 0 spiro atoms. The first kappa shape index (κ1) is 25.4. The van der Waals surface area contributed by atoms with Crippen molar-refractivity contribution in [2.75, 3.05) is 13.1 Å². The number of benzene rings is 2. The Balaban J connectivity index is 1.33. The van der Waals surface area contributed by atoms with Crippen molar-refractivity contribution < 1.29 is 13.9 Å². The molecule has 0 radical (unpaired) electrons. The molecular formula is C30H28FN5O2. The first-order valence-electron chi connectivity index (χ1n) is 12.9. The van der Waals surface area contributed by atoms with Gasteiger partial charge in [-0.2, -0.15) is 10.5 Å². The Labute approximate surface area is 221 Å². The van der Waals surface area contributed by atoms with E-state index in [1.807, 2.05) is 36.5 Å². The van der Waals surface area contributed by atoms with E-state index in [4.69, 9.17) is 10.00 Å². The summed E-state index contributed by atoms with van der Waals surface area (Å²) >= 11 is 0. The van der Waals surface area contributed by atoms with E-state index in [0.717, 1.165) is 30.0 Å². The molecule has 1 saturated carbocycles. The molecular weight excluding hydrogens is 481 g/mol. The lowest BCUT2D eigenvalue weighted by atomic mass is 9.97. The van der Waals surface area contributed by atoms with Crippen LogP contribution >= 0.6 is 0 Å². The fourth-order valence-corrected chi connectivity index (χ4v) is 5.33.